The Morgan fingerprint density at radius 3 is 1.88 bits per heavy atom. The zero-order valence-electron chi connectivity index (χ0n) is 14.1. The molecule has 2 aromatic rings. The van der Waals surface area contributed by atoms with Crippen molar-refractivity contribution in [2.45, 2.75) is 33.1 Å². The van der Waals surface area contributed by atoms with Gasteiger partial charge in [0.25, 0.3) is 0 Å². The van der Waals surface area contributed by atoms with Crippen LogP contribution in [0, 0.1) is 0 Å². The summed E-state index contributed by atoms with van der Waals surface area (Å²) in [6, 6.07) is 13.7. The molecule has 24 heavy (non-hydrogen) atoms. The Morgan fingerprint density at radius 2 is 1.38 bits per heavy atom. The number of hydrogen-bond acceptors (Lipinski definition) is 4. The lowest BCUT2D eigenvalue weighted by Crippen LogP contribution is -2.04. The van der Waals surface area contributed by atoms with Gasteiger partial charge < -0.3 is 9.47 Å². The Bertz CT molecular complexity index is 672. The lowest BCUT2D eigenvalue weighted by Gasteiger charge is -2.07. The van der Waals surface area contributed by atoms with Gasteiger partial charge in [0.15, 0.2) is 5.78 Å². The summed E-state index contributed by atoms with van der Waals surface area (Å²) in [5, 5.41) is 0. The first kappa shape index (κ1) is 17.7. The van der Waals surface area contributed by atoms with E-state index in [9.17, 15) is 9.59 Å². The van der Waals surface area contributed by atoms with E-state index in [4.69, 9.17) is 9.47 Å². The number of unbranched alkanes of at least 4 members (excludes halogenated alkanes) is 2. The molecule has 0 bridgehead atoms. The lowest BCUT2D eigenvalue weighted by atomic mass is 10.0. The fraction of sp³-hybridized carbons (Fsp3) is 0.300. The van der Waals surface area contributed by atoms with E-state index in [2.05, 4.69) is 6.92 Å². The monoisotopic (exact) mass is 326 g/mol. The molecule has 126 valence electrons. The highest BCUT2D eigenvalue weighted by atomic mass is 16.5. The molecule has 0 aromatic heterocycles. The zero-order valence-corrected chi connectivity index (χ0v) is 14.1. The summed E-state index contributed by atoms with van der Waals surface area (Å²) < 4.78 is 10.6. The normalized spacial score (nSPS) is 10.2. The van der Waals surface area contributed by atoms with E-state index in [1.165, 1.54) is 6.92 Å². The minimum atomic E-state index is -0.386. The zero-order chi connectivity index (χ0) is 17.4. The molecule has 0 saturated carbocycles. The topological polar surface area (TPSA) is 52.6 Å². The first-order valence-corrected chi connectivity index (χ1v) is 8.16. The van der Waals surface area contributed by atoms with Gasteiger partial charge in [-0.2, -0.15) is 0 Å². The van der Waals surface area contributed by atoms with E-state index in [-0.39, 0.29) is 11.8 Å². The average molecular weight is 326 g/mol. The van der Waals surface area contributed by atoms with Crippen molar-refractivity contribution < 1.29 is 19.1 Å². The van der Waals surface area contributed by atoms with Crippen molar-refractivity contribution in [1.29, 1.82) is 0 Å². The third-order valence-corrected chi connectivity index (χ3v) is 3.51. The SMILES string of the molecule is CCCCCOc1ccc(C(=O)c2ccc(OC(C)=O)cc2)cc1. The lowest BCUT2D eigenvalue weighted by molar-refractivity contribution is -0.131. The summed E-state index contributed by atoms with van der Waals surface area (Å²) in [4.78, 5) is 23.3. The molecule has 0 atom stereocenters. The molecule has 2 aromatic carbocycles. The van der Waals surface area contributed by atoms with E-state index >= 15 is 0 Å². The quantitative estimate of drug-likeness (QED) is 0.312. The van der Waals surface area contributed by atoms with Gasteiger partial charge >= 0.3 is 5.97 Å². The number of carbonyl (C=O) groups excluding carboxylic acids is 2. The Morgan fingerprint density at radius 1 is 0.833 bits per heavy atom. The fourth-order valence-electron chi connectivity index (χ4n) is 2.25. The number of esters is 1. The van der Waals surface area contributed by atoms with E-state index in [0.29, 0.717) is 23.5 Å². The van der Waals surface area contributed by atoms with Crippen molar-refractivity contribution in [2.75, 3.05) is 6.61 Å². The standard InChI is InChI=1S/C20H22O4/c1-3-4-5-14-23-18-10-6-16(7-11-18)20(22)17-8-12-19(13-9-17)24-15(2)21/h6-13H,3-5,14H2,1-2H3. The van der Waals surface area contributed by atoms with Crippen LogP contribution in [0.4, 0.5) is 0 Å². The van der Waals surface area contributed by atoms with Gasteiger partial charge in [-0.25, -0.2) is 0 Å². The van der Waals surface area contributed by atoms with Crippen LogP contribution in [0.3, 0.4) is 0 Å². The minimum absolute atomic E-state index is 0.0816. The molecule has 2 rings (SSSR count). The number of benzene rings is 2. The van der Waals surface area contributed by atoms with Gasteiger partial charge in [-0.3, -0.25) is 9.59 Å². The van der Waals surface area contributed by atoms with Crippen LogP contribution in [-0.2, 0) is 4.79 Å². The number of rotatable bonds is 8. The Balaban J connectivity index is 1.97. The molecule has 0 aliphatic heterocycles. The van der Waals surface area contributed by atoms with E-state index in [0.717, 1.165) is 25.0 Å². The highest BCUT2D eigenvalue weighted by Gasteiger charge is 2.10. The van der Waals surface area contributed by atoms with Crippen molar-refractivity contribution in [3.8, 4) is 11.5 Å². The van der Waals surface area contributed by atoms with Gasteiger partial charge in [-0.05, 0) is 55.0 Å². The smallest absolute Gasteiger partial charge is 0.308 e. The molecule has 0 fully saturated rings. The second kappa shape index (κ2) is 8.87. The maximum absolute atomic E-state index is 12.4. The van der Waals surface area contributed by atoms with Crippen molar-refractivity contribution >= 4 is 11.8 Å². The molecule has 4 nitrogen and oxygen atoms in total. The van der Waals surface area contributed by atoms with Gasteiger partial charge in [-0.1, -0.05) is 19.8 Å². The molecule has 0 unspecified atom stereocenters. The molecule has 0 aliphatic rings. The van der Waals surface area contributed by atoms with Gasteiger partial charge in [-0.15, -0.1) is 0 Å². The van der Waals surface area contributed by atoms with Gasteiger partial charge in [0.05, 0.1) is 6.61 Å². The highest BCUT2D eigenvalue weighted by molar-refractivity contribution is 6.09. The number of carbonyl (C=O) groups is 2. The molecular formula is C20H22O4. The maximum Gasteiger partial charge on any atom is 0.308 e. The fourth-order valence-corrected chi connectivity index (χ4v) is 2.25. The number of hydrogen-bond donors (Lipinski definition) is 0. The molecule has 0 N–H and O–H groups in total. The van der Waals surface area contributed by atoms with Crippen LogP contribution < -0.4 is 9.47 Å². The van der Waals surface area contributed by atoms with Crippen LogP contribution in [-0.4, -0.2) is 18.4 Å². The van der Waals surface area contributed by atoms with Crippen molar-refractivity contribution in [1.82, 2.24) is 0 Å². The second-order valence-corrected chi connectivity index (χ2v) is 5.53. The van der Waals surface area contributed by atoms with Crippen LogP contribution in [0.25, 0.3) is 0 Å². The highest BCUT2D eigenvalue weighted by Crippen LogP contribution is 2.18. The summed E-state index contributed by atoms with van der Waals surface area (Å²) in [5.74, 6) is 0.730. The molecule has 4 heteroatoms. The van der Waals surface area contributed by atoms with E-state index < -0.39 is 0 Å². The predicted octanol–water partition coefficient (Wildman–Crippen LogP) is 4.41. The van der Waals surface area contributed by atoms with E-state index in [1.54, 1.807) is 36.4 Å². The summed E-state index contributed by atoms with van der Waals surface area (Å²) in [6.07, 6.45) is 3.35. The van der Waals surface area contributed by atoms with Crippen LogP contribution in [0.15, 0.2) is 48.5 Å². The third kappa shape index (κ3) is 5.23. The molecule has 0 radical (unpaired) electrons. The minimum Gasteiger partial charge on any atom is -0.494 e. The first-order chi connectivity index (χ1) is 11.6. The number of ether oxygens (including phenoxy) is 2. The van der Waals surface area contributed by atoms with Crippen molar-refractivity contribution in [3.05, 3.63) is 59.7 Å². The van der Waals surface area contributed by atoms with E-state index in [1.807, 2.05) is 12.1 Å². The summed E-state index contributed by atoms with van der Waals surface area (Å²) in [7, 11) is 0. The Kier molecular flexibility index (Phi) is 6.55. The van der Waals surface area contributed by atoms with Crippen LogP contribution in [0.1, 0.15) is 49.0 Å². The second-order valence-electron chi connectivity index (χ2n) is 5.53. The average Bonchev–Trinajstić information content (AvgIpc) is 2.59. The first-order valence-electron chi connectivity index (χ1n) is 8.16. The van der Waals surface area contributed by atoms with Crippen molar-refractivity contribution in [2.24, 2.45) is 0 Å². The van der Waals surface area contributed by atoms with Crippen molar-refractivity contribution in [3.63, 3.8) is 0 Å². The molecular weight excluding hydrogens is 304 g/mol. The van der Waals surface area contributed by atoms with Crippen LogP contribution >= 0.6 is 0 Å². The summed E-state index contributed by atoms with van der Waals surface area (Å²) in [6.45, 7) is 4.18. The van der Waals surface area contributed by atoms with Crippen LogP contribution in [0.2, 0.25) is 0 Å². The molecule has 0 heterocycles. The van der Waals surface area contributed by atoms with Gasteiger partial charge in [0.2, 0.25) is 0 Å². The molecule has 0 aliphatic carbocycles. The van der Waals surface area contributed by atoms with Gasteiger partial charge in [0.1, 0.15) is 11.5 Å². The molecule has 0 spiro atoms. The largest absolute Gasteiger partial charge is 0.494 e. The van der Waals surface area contributed by atoms with Crippen LogP contribution in [0.5, 0.6) is 11.5 Å². The molecule has 0 amide bonds. The Hall–Kier alpha value is -2.62. The maximum atomic E-state index is 12.4. The summed E-state index contributed by atoms with van der Waals surface area (Å²) in [5.41, 5.74) is 1.14. The number of ketones is 1. The predicted molar refractivity (Wildman–Crippen MR) is 92.6 cm³/mol. The van der Waals surface area contributed by atoms with Gasteiger partial charge in [0, 0.05) is 18.1 Å². The Labute approximate surface area is 142 Å². The summed E-state index contributed by atoms with van der Waals surface area (Å²) >= 11 is 0. The third-order valence-electron chi connectivity index (χ3n) is 3.51. The molecule has 0 saturated heterocycles.